The van der Waals surface area contributed by atoms with E-state index >= 15 is 0 Å². The van der Waals surface area contributed by atoms with Crippen molar-refractivity contribution in [2.24, 2.45) is 0 Å². The van der Waals surface area contributed by atoms with E-state index in [1.54, 1.807) is 7.11 Å². The van der Waals surface area contributed by atoms with E-state index in [0.29, 0.717) is 0 Å². The Hall–Kier alpha value is -1.95. The normalized spacial score (nSPS) is 12.0. The molecule has 2 heteroatoms. The Morgan fingerprint density at radius 1 is 0.591 bits per heavy atom. The summed E-state index contributed by atoms with van der Waals surface area (Å²) in [6.45, 7) is 0. The first-order valence-corrected chi connectivity index (χ1v) is 9.49. The van der Waals surface area contributed by atoms with Crippen LogP contribution >= 0.6 is 7.26 Å². The average Bonchev–Trinajstić information content (AvgIpc) is 2.62. The summed E-state index contributed by atoms with van der Waals surface area (Å²) < 4.78 is 5.61. The molecule has 0 saturated carbocycles. The van der Waals surface area contributed by atoms with Crippen LogP contribution in [-0.2, 0) is 4.74 Å². The summed E-state index contributed by atoms with van der Waals surface area (Å²) in [7, 11) is -0.524. The van der Waals surface area contributed by atoms with E-state index in [9.17, 15) is 0 Å². The molecular weight excluding hydrogens is 287 g/mol. The predicted molar refractivity (Wildman–Crippen MR) is 97.9 cm³/mol. The van der Waals surface area contributed by atoms with Crippen molar-refractivity contribution < 1.29 is 4.74 Å². The third kappa shape index (κ3) is 2.70. The van der Waals surface area contributed by atoms with Crippen LogP contribution in [0.15, 0.2) is 91.0 Å². The summed E-state index contributed by atoms with van der Waals surface area (Å²) in [4.78, 5) is 0. The minimum atomic E-state index is -2.27. The molecule has 3 aromatic carbocycles. The Labute approximate surface area is 132 Å². The van der Waals surface area contributed by atoms with Crippen molar-refractivity contribution in [1.82, 2.24) is 0 Å². The SMILES string of the molecule is CO[CH][PH](c1ccccc1)(c1ccccc1)c1ccccc1. The Balaban J connectivity index is 2.29. The van der Waals surface area contributed by atoms with Crippen LogP contribution in [0.5, 0.6) is 0 Å². The molecular formula is C20H20OP. The van der Waals surface area contributed by atoms with Crippen molar-refractivity contribution in [1.29, 1.82) is 0 Å². The van der Waals surface area contributed by atoms with Gasteiger partial charge in [-0.15, -0.1) is 0 Å². The first-order chi connectivity index (χ1) is 10.9. The molecule has 3 rings (SSSR count). The number of ether oxygens (including phenoxy) is 1. The summed E-state index contributed by atoms with van der Waals surface area (Å²) in [5.74, 6) is 0. The van der Waals surface area contributed by atoms with Crippen molar-refractivity contribution in [2.75, 3.05) is 7.11 Å². The van der Waals surface area contributed by atoms with Gasteiger partial charge in [-0.1, -0.05) is 0 Å². The molecule has 0 aliphatic rings. The van der Waals surface area contributed by atoms with Crippen LogP contribution in [0.1, 0.15) is 0 Å². The summed E-state index contributed by atoms with van der Waals surface area (Å²) in [6.07, 6.45) is 2.06. The van der Waals surface area contributed by atoms with Crippen molar-refractivity contribution >= 4 is 23.2 Å². The fourth-order valence-corrected chi connectivity index (χ4v) is 6.90. The molecule has 0 aromatic heterocycles. The number of benzene rings is 3. The van der Waals surface area contributed by atoms with Gasteiger partial charge in [0, 0.05) is 0 Å². The van der Waals surface area contributed by atoms with Gasteiger partial charge in [-0.05, 0) is 0 Å². The topological polar surface area (TPSA) is 9.23 Å². The molecule has 111 valence electrons. The molecule has 0 spiro atoms. The molecule has 0 saturated heterocycles. The van der Waals surface area contributed by atoms with Crippen molar-refractivity contribution in [3.05, 3.63) is 97.3 Å². The van der Waals surface area contributed by atoms with Gasteiger partial charge in [0.15, 0.2) is 0 Å². The fraction of sp³-hybridized carbons (Fsp3) is 0.0500. The van der Waals surface area contributed by atoms with E-state index in [1.165, 1.54) is 15.9 Å². The van der Waals surface area contributed by atoms with E-state index in [2.05, 4.69) is 97.3 Å². The molecule has 22 heavy (non-hydrogen) atoms. The fourth-order valence-electron chi connectivity index (χ4n) is 2.98. The number of methoxy groups -OCH3 is 1. The molecule has 0 amide bonds. The second-order valence-corrected chi connectivity index (χ2v) is 8.84. The second kappa shape index (κ2) is 6.87. The van der Waals surface area contributed by atoms with Crippen LogP contribution in [0.3, 0.4) is 0 Å². The monoisotopic (exact) mass is 307 g/mol. The van der Waals surface area contributed by atoms with E-state index < -0.39 is 7.26 Å². The summed E-state index contributed by atoms with van der Waals surface area (Å²) >= 11 is 0. The van der Waals surface area contributed by atoms with Gasteiger partial charge in [0.05, 0.1) is 0 Å². The van der Waals surface area contributed by atoms with Gasteiger partial charge in [0.1, 0.15) is 0 Å². The van der Waals surface area contributed by atoms with Crippen LogP contribution in [0.4, 0.5) is 0 Å². The molecule has 1 radical (unpaired) electrons. The molecule has 0 aliphatic heterocycles. The standard InChI is InChI=1S/C20H20OP/c1-21-17-22(18-11-5-2-6-12-18,19-13-7-3-8-14-19)20-15-9-4-10-16-20/h2-17,22H,1H3. The first-order valence-electron chi connectivity index (χ1n) is 7.41. The van der Waals surface area contributed by atoms with Crippen LogP contribution in [-0.4, -0.2) is 7.11 Å². The third-order valence-corrected chi connectivity index (χ3v) is 8.30. The quantitative estimate of drug-likeness (QED) is 0.656. The third-order valence-electron chi connectivity index (χ3n) is 3.98. The first kappa shape index (κ1) is 15.0. The second-order valence-electron chi connectivity index (χ2n) is 5.26. The molecule has 0 fully saturated rings. The maximum absolute atomic E-state index is 5.61. The van der Waals surface area contributed by atoms with Crippen LogP contribution in [0.25, 0.3) is 0 Å². The van der Waals surface area contributed by atoms with E-state index in [4.69, 9.17) is 4.74 Å². The zero-order valence-corrected chi connectivity index (χ0v) is 13.6. The van der Waals surface area contributed by atoms with Gasteiger partial charge < -0.3 is 0 Å². The van der Waals surface area contributed by atoms with Gasteiger partial charge in [0.2, 0.25) is 0 Å². The molecule has 0 unspecified atom stereocenters. The van der Waals surface area contributed by atoms with Gasteiger partial charge in [-0.3, -0.25) is 0 Å². The molecule has 0 aliphatic carbocycles. The number of hydrogen-bond acceptors (Lipinski definition) is 1. The van der Waals surface area contributed by atoms with Crippen LogP contribution < -0.4 is 15.9 Å². The number of rotatable bonds is 5. The summed E-state index contributed by atoms with van der Waals surface area (Å²) in [5.41, 5.74) is 0. The Kier molecular flexibility index (Phi) is 4.68. The maximum atomic E-state index is 5.61. The van der Waals surface area contributed by atoms with Crippen LogP contribution in [0, 0.1) is 6.35 Å². The molecule has 0 heterocycles. The molecule has 1 nitrogen and oxygen atoms in total. The zero-order chi connectivity index (χ0) is 15.3. The Morgan fingerprint density at radius 3 is 1.18 bits per heavy atom. The van der Waals surface area contributed by atoms with Gasteiger partial charge in [-0.2, -0.15) is 0 Å². The average molecular weight is 307 g/mol. The van der Waals surface area contributed by atoms with Crippen molar-refractivity contribution in [3.8, 4) is 0 Å². The summed E-state index contributed by atoms with van der Waals surface area (Å²) in [5, 5.41) is 3.98. The van der Waals surface area contributed by atoms with Crippen molar-refractivity contribution in [2.45, 2.75) is 0 Å². The van der Waals surface area contributed by atoms with Gasteiger partial charge >= 0.3 is 132 Å². The Morgan fingerprint density at radius 2 is 0.909 bits per heavy atom. The molecule has 0 bridgehead atoms. The zero-order valence-electron chi connectivity index (χ0n) is 12.6. The van der Waals surface area contributed by atoms with Crippen LogP contribution in [0.2, 0.25) is 0 Å². The van der Waals surface area contributed by atoms with Crippen molar-refractivity contribution in [3.63, 3.8) is 0 Å². The minimum absolute atomic E-state index is 1.33. The van der Waals surface area contributed by atoms with E-state index in [-0.39, 0.29) is 0 Å². The van der Waals surface area contributed by atoms with Gasteiger partial charge in [0.25, 0.3) is 0 Å². The summed E-state index contributed by atoms with van der Waals surface area (Å²) in [6, 6.07) is 32.1. The molecule has 3 aromatic rings. The molecule has 0 N–H and O–H groups in total. The number of hydrogen-bond donors (Lipinski definition) is 0. The van der Waals surface area contributed by atoms with E-state index in [1.807, 2.05) is 0 Å². The predicted octanol–water partition coefficient (Wildman–Crippen LogP) is 3.48. The van der Waals surface area contributed by atoms with Gasteiger partial charge in [-0.25, -0.2) is 0 Å². The Bertz CT molecular complexity index is 599. The molecule has 0 atom stereocenters. The van der Waals surface area contributed by atoms with E-state index in [0.717, 1.165) is 0 Å².